The Balaban J connectivity index is 2.74. The molecule has 0 aliphatic heterocycles. The molecule has 0 radical (unpaired) electrons. The lowest BCUT2D eigenvalue weighted by Crippen LogP contribution is -1.82. The standard InChI is InChI=1S/C9H12S/c1-7(2)6-9-8(3)4-5-10-9/h4-5H,1,6H2,2-3H3. The molecular weight excluding hydrogens is 140 g/mol. The second-order valence-electron chi connectivity index (χ2n) is 2.66. The monoisotopic (exact) mass is 152 g/mol. The van der Waals surface area contributed by atoms with E-state index in [0.717, 1.165) is 6.42 Å². The van der Waals surface area contributed by atoms with Crippen molar-refractivity contribution in [1.29, 1.82) is 0 Å². The summed E-state index contributed by atoms with van der Waals surface area (Å²) in [6.07, 6.45) is 1.05. The van der Waals surface area contributed by atoms with Crippen LogP contribution in [0.5, 0.6) is 0 Å². The molecule has 0 bridgehead atoms. The van der Waals surface area contributed by atoms with Gasteiger partial charge in [0.2, 0.25) is 0 Å². The Kier molecular flexibility index (Phi) is 2.28. The summed E-state index contributed by atoms with van der Waals surface area (Å²) in [6, 6.07) is 2.16. The lowest BCUT2D eigenvalue weighted by atomic mass is 10.1. The van der Waals surface area contributed by atoms with Crippen molar-refractivity contribution < 1.29 is 0 Å². The predicted octanol–water partition coefficient (Wildman–Crippen LogP) is 3.18. The summed E-state index contributed by atoms with van der Waals surface area (Å²) in [7, 11) is 0. The summed E-state index contributed by atoms with van der Waals surface area (Å²) in [4.78, 5) is 1.45. The minimum Gasteiger partial charge on any atom is -0.148 e. The molecule has 0 aromatic carbocycles. The highest BCUT2D eigenvalue weighted by Crippen LogP contribution is 2.18. The zero-order valence-electron chi connectivity index (χ0n) is 6.48. The van der Waals surface area contributed by atoms with Crippen LogP contribution in [0.2, 0.25) is 0 Å². The van der Waals surface area contributed by atoms with Gasteiger partial charge >= 0.3 is 0 Å². The number of thiophene rings is 1. The van der Waals surface area contributed by atoms with Gasteiger partial charge in [0.25, 0.3) is 0 Å². The predicted molar refractivity (Wildman–Crippen MR) is 47.6 cm³/mol. The van der Waals surface area contributed by atoms with Crippen LogP contribution in [-0.2, 0) is 6.42 Å². The first-order chi connectivity index (χ1) is 4.70. The molecule has 54 valence electrons. The van der Waals surface area contributed by atoms with Crippen molar-refractivity contribution in [3.63, 3.8) is 0 Å². The van der Waals surface area contributed by atoms with E-state index >= 15 is 0 Å². The maximum atomic E-state index is 3.88. The molecule has 0 nitrogen and oxygen atoms in total. The smallest absolute Gasteiger partial charge is 0.0115 e. The van der Waals surface area contributed by atoms with Gasteiger partial charge in [-0.25, -0.2) is 0 Å². The van der Waals surface area contributed by atoms with Crippen molar-refractivity contribution in [2.75, 3.05) is 0 Å². The van der Waals surface area contributed by atoms with E-state index in [1.54, 1.807) is 0 Å². The van der Waals surface area contributed by atoms with Crippen molar-refractivity contribution in [3.05, 3.63) is 34.0 Å². The van der Waals surface area contributed by atoms with Crippen LogP contribution in [0.15, 0.2) is 23.6 Å². The van der Waals surface area contributed by atoms with E-state index in [1.165, 1.54) is 16.0 Å². The third-order valence-corrected chi connectivity index (χ3v) is 2.45. The van der Waals surface area contributed by atoms with E-state index in [9.17, 15) is 0 Å². The summed E-state index contributed by atoms with van der Waals surface area (Å²) in [6.45, 7) is 8.09. The van der Waals surface area contributed by atoms with Crippen LogP contribution in [0.25, 0.3) is 0 Å². The maximum Gasteiger partial charge on any atom is 0.0115 e. The highest BCUT2D eigenvalue weighted by atomic mass is 32.1. The molecular formula is C9H12S. The van der Waals surface area contributed by atoms with Gasteiger partial charge in [0.05, 0.1) is 0 Å². The zero-order chi connectivity index (χ0) is 7.56. The molecule has 1 aromatic rings. The topological polar surface area (TPSA) is 0 Å². The van der Waals surface area contributed by atoms with E-state index in [4.69, 9.17) is 0 Å². The van der Waals surface area contributed by atoms with Gasteiger partial charge in [0.1, 0.15) is 0 Å². The van der Waals surface area contributed by atoms with Gasteiger partial charge in [0.15, 0.2) is 0 Å². The first kappa shape index (κ1) is 7.55. The molecule has 1 aromatic heterocycles. The molecule has 0 atom stereocenters. The first-order valence-electron chi connectivity index (χ1n) is 3.37. The van der Waals surface area contributed by atoms with Crippen LogP contribution in [0.1, 0.15) is 17.4 Å². The maximum absolute atomic E-state index is 3.88. The molecule has 0 amide bonds. The van der Waals surface area contributed by atoms with E-state index < -0.39 is 0 Å². The van der Waals surface area contributed by atoms with Gasteiger partial charge in [-0.05, 0) is 30.9 Å². The molecule has 1 heteroatoms. The normalized spacial score (nSPS) is 9.80. The number of aryl methyl sites for hydroxylation is 1. The molecule has 0 aliphatic rings. The van der Waals surface area contributed by atoms with Crippen molar-refractivity contribution in [2.24, 2.45) is 0 Å². The fourth-order valence-corrected chi connectivity index (χ4v) is 1.88. The number of hydrogen-bond donors (Lipinski definition) is 0. The average molecular weight is 152 g/mol. The summed E-state index contributed by atoms with van der Waals surface area (Å²) in [5.74, 6) is 0. The van der Waals surface area contributed by atoms with Crippen molar-refractivity contribution in [2.45, 2.75) is 20.3 Å². The highest BCUT2D eigenvalue weighted by molar-refractivity contribution is 7.10. The van der Waals surface area contributed by atoms with Crippen LogP contribution in [0.3, 0.4) is 0 Å². The molecule has 1 heterocycles. The van der Waals surface area contributed by atoms with Crippen LogP contribution in [0, 0.1) is 6.92 Å². The Labute approximate surface area is 66.2 Å². The summed E-state index contributed by atoms with van der Waals surface area (Å²) in [5, 5.41) is 2.13. The van der Waals surface area contributed by atoms with Crippen LogP contribution >= 0.6 is 11.3 Å². The Morgan fingerprint density at radius 1 is 1.70 bits per heavy atom. The lowest BCUT2D eigenvalue weighted by Gasteiger charge is -1.96. The molecule has 1 rings (SSSR count). The van der Waals surface area contributed by atoms with Gasteiger partial charge in [-0.15, -0.1) is 11.3 Å². The average Bonchev–Trinajstić information content (AvgIpc) is 2.15. The van der Waals surface area contributed by atoms with Crippen LogP contribution in [0.4, 0.5) is 0 Å². The van der Waals surface area contributed by atoms with Gasteiger partial charge in [-0.2, -0.15) is 0 Å². The number of hydrogen-bond acceptors (Lipinski definition) is 1. The molecule has 0 spiro atoms. The molecule has 0 fully saturated rings. The fraction of sp³-hybridized carbons (Fsp3) is 0.333. The van der Waals surface area contributed by atoms with Crippen molar-refractivity contribution in [3.8, 4) is 0 Å². The molecule has 0 saturated carbocycles. The van der Waals surface area contributed by atoms with E-state index in [-0.39, 0.29) is 0 Å². The van der Waals surface area contributed by atoms with Gasteiger partial charge in [-0.3, -0.25) is 0 Å². The Morgan fingerprint density at radius 3 is 2.80 bits per heavy atom. The van der Waals surface area contributed by atoms with Crippen molar-refractivity contribution >= 4 is 11.3 Å². The van der Waals surface area contributed by atoms with E-state index in [2.05, 4.69) is 31.9 Å². The van der Waals surface area contributed by atoms with E-state index in [1.807, 2.05) is 11.3 Å². The largest absolute Gasteiger partial charge is 0.148 e. The van der Waals surface area contributed by atoms with Crippen molar-refractivity contribution in [1.82, 2.24) is 0 Å². The lowest BCUT2D eigenvalue weighted by molar-refractivity contribution is 1.17. The van der Waals surface area contributed by atoms with Crippen LogP contribution < -0.4 is 0 Å². The highest BCUT2D eigenvalue weighted by Gasteiger charge is 1.97. The third kappa shape index (κ3) is 1.71. The van der Waals surface area contributed by atoms with Gasteiger partial charge in [-0.1, -0.05) is 12.2 Å². The summed E-state index contributed by atoms with van der Waals surface area (Å²) in [5.41, 5.74) is 2.64. The third-order valence-electron chi connectivity index (χ3n) is 1.43. The van der Waals surface area contributed by atoms with Crippen LogP contribution in [-0.4, -0.2) is 0 Å². The summed E-state index contributed by atoms with van der Waals surface area (Å²) >= 11 is 1.82. The zero-order valence-corrected chi connectivity index (χ0v) is 7.29. The SMILES string of the molecule is C=C(C)Cc1sccc1C. The minimum absolute atomic E-state index is 1.05. The molecule has 0 unspecified atom stereocenters. The molecule has 0 saturated heterocycles. The van der Waals surface area contributed by atoms with E-state index in [0.29, 0.717) is 0 Å². The second kappa shape index (κ2) is 3.02. The van der Waals surface area contributed by atoms with Gasteiger partial charge in [0, 0.05) is 11.3 Å². The second-order valence-corrected chi connectivity index (χ2v) is 3.66. The minimum atomic E-state index is 1.05. The number of rotatable bonds is 2. The Bertz CT molecular complexity index is 233. The molecule has 0 N–H and O–H groups in total. The quantitative estimate of drug-likeness (QED) is 0.571. The van der Waals surface area contributed by atoms with Gasteiger partial charge < -0.3 is 0 Å². The Hall–Kier alpha value is -0.560. The Morgan fingerprint density at radius 2 is 2.40 bits per heavy atom. The first-order valence-corrected chi connectivity index (χ1v) is 4.25. The molecule has 0 aliphatic carbocycles. The molecule has 10 heavy (non-hydrogen) atoms. The summed E-state index contributed by atoms with van der Waals surface area (Å²) < 4.78 is 0. The fourth-order valence-electron chi connectivity index (χ4n) is 0.859. The number of allylic oxidation sites excluding steroid dienone is 1.